The largest absolute Gasteiger partial charge is 0.303 e. The molecular weight excluding hydrogens is 122 g/mol. The van der Waals surface area contributed by atoms with Crippen molar-refractivity contribution in [1.29, 1.82) is 0 Å². The Bertz CT molecular complexity index is 166. The number of hydrogen-bond acceptors (Lipinski definition) is 1. The van der Waals surface area contributed by atoms with E-state index in [1.807, 2.05) is 0 Å². The highest BCUT2D eigenvalue weighted by atomic mass is 15.1. The first-order valence-corrected chi connectivity index (χ1v) is 3.74. The lowest BCUT2D eigenvalue weighted by Gasteiger charge is -2.20. The van der Waals surface area contributed by atoms with Crippen LogP contribution in [-0.2, 0) is 0 Å². The average molecular weight is 137 g/mol. The molecule has 1 unspecified atom stereocenters. The molecule has 0 spiro atoms. The van der Waals surface area contributed by atoms with E-state index < -0.39 is 0 Å². The lowest BCUT2D eigenvalue weighted by atomic mass is 10.1. The summed E-state index contributed by atoms with van der Waals surface area (Å²) < 4.78 is 0. The fraction of sp³-hybridized carbons (Fsp3) is 0.556. The van der Waals surface area contributed by atoms with Gasteiger partial charge in [-0.05, 0) is 33.0 Å². The third-order valence-corrected chi connectivity index (χ3v) is 2.11. The van der Waals surface area contributed by atoms with E-state index in [1.54, 1.807) is 0 Å². The molecule has 10 heavy (non-hydrogen) atoms. The molecule has 0 fully saturated rings. The van der Waals surface area contributed by atoms with E-state index in [1.165, 1.54) is 5.57 Å². The van der Waals surface area contributed by atoms with Crippen LogP contribution in [0, 0.1) is 0 Å². The van der Waals surface area contributed by atoms with Crippen LogP contribution in [0.2, 0.25) is 0 Å². The van der Waals surface area contributed by atoms with Gasteiger partial charge in [0.15, 0.2) is 0 Å². The summed E-state index contributed by atoms with van der Waals surface area (Å²) in [5.74, 6) is 0. The number of allylic oxidation sites excluding steroid dienone is 3. The van der Waals surface area contributed by atoms with Gasteiger partial charge in [0.05, 0.1) is 0 Å². The molecule has 0 radical (unpaired) electrons. The number of hydrogen-bond donors (Lipinski definition) is 0. The SMILES string of the molecule is CC(C1=CC=CC1)N(C)C. The third-order valence-electron chi connectivity index (χ3n) is 2.11. The van der Waals surface area contributed by atoms with Gasteiger partial charge >= 0.3 is 0 Å². The third kappa shape index (κ3) is 1.48. The number of likely N-dealkylation sites (N-methyl/N-ethyl adjacent to an activating group) is 1. The minimum Gasteiger partial charge on any atom is -0.303 e. The summed E-state index contributed by atoms with van der Waals surface area (Å²) in [5, 5.41) is 0. The van der Waals surface area contributed by atoms with Crippen molar-refractivity contribution in [3.63, 3.8) is 0 Å². The fourth-order valence-electron chi connectivity index (χ4n) is 1.11. The minimum atomic E-state index is 0.593. The van der Waals surface area contributed by atoms with Gasteiger partial charge in [0.25, 0.3) is 0 Å². The molecule has 1 nitrogen and oxygen atoms in total. The van der Waals surface area contributed by atoms with E-state index in [2.05, 4.69) is 44.1 Å². The van der Waals surface area contributed by atoms with Crippen LogP contribution in [0.5, 0.6) is 0 Å². The highest BCUT2D eigenvalue weighted by molar-refractivity contribution is 5.26. The van der Waals surface area contributed by atoms with Crippen LogP contribution in [0.1, 0.15) is 13.3 Å². The Hall–Kier alpha value is -0.560. The first kappa shape index (κ1) is 7.55. The van der Waals surface area contributed by atoms with Crippen LogP contribution in [0.4, 0.5) is 0 Å². The lowest BCUT2D eigenvalue weighted by molar-refractivity contribution is 0.348. The van der Waals surface area contributed by atoms with Crippen molar-refractivity contribution in [3.8, 4) is 0 Å². The predicted molar refractivity (Wildman–Crippen MR) is 45.0 cm³/mol. The molecule has 0 aliphatic heterocycles. The summed E-state index contributed by atoms with van der Waals surface area (Å²) in [6.45, 7) is 2.23. The van der Waals surface area contributed by atoms with E-state index in [0.717, 1.165) is 6.42 Å². The first-order chi connectivity index (χ1) is 4.72. The highest BCUT2D eigenvalue weighted by Gasteiger charge is 2.10. The van der Waals surface area contributed by atoms with Crippen molar-refractivity contribution in [2.45, 2.75) is 19.4 Å². The molecule has 0 heterocycles. The molecule has 0 aromatic heterocycles. The first-order valence-electron chi connectivity index (χ1n) is 3.74. The maximum atomic E-state index is 2.23. The summed E-state index contributed by atoms with van der Waals surface area (Å²) in [7, 11) is 4.23. The summed E-state index contributed by atoms with van der Waals surface area (Å²) in [5.41, 5.74) is 1.52. The number of nitrogens with zero attached hydrogens (tertiary/aromatic N) is 1. The fourth-order valence-corrected chi connectivity index (χ4v) is 1.11. The van der Waals surface area contributed by atoms with E-state index in [9.17, 15) is 0 Å². The molecule has 0 saturated carbocycles. The van der Waals surface area contributed by atoms with Crippen molar-refractivity contribution in [2.24, 2.45) is 0 Å². The van der Waals surface area contributed by atoms with Gasteiger partial charge in [0.1, 0.15) is 0 Å². The molecule has 0 aromatic rings. The van der Waals surface area contributed by atoms with Gasteiger partial charge in [-0.2, -0.15) is 0 Å². The molecule has 1 rings (SSSR count). The smallest absolute Gasteiger partial charge is 0.0279 e. The second-order valence-corrected chi connectivity index (χ2v) is 3.01. The zero-order valence-electron chi connectivity index (χ0n) is 6.96. The Morgan fingerprint density at radius 1 is 1.50 bits per heavy atom. The molecule has 0 saturated heterocycles. The number of rotatable bonds is 2. The van der Waals surface area contributed by atoms with Crippen molar-refractivity contribution < 1.29 is 0 Å². The molecule has 56 valence electrons. The minimum absolute atomic E-state index is 0.593. The van der Waals surface area contributed by atoms with Gasteiger partial charge in [0.2, 0.25) is 0 Å². The summed E-state index contributed by atoms with van der Waals surface area (Å²) >= 11 is 0. The van der Waals surface area contributed by atoms with Crippen LogP contribution >= 0.6 is 0 Å². The van der Waals surface area contributed by atoms with Crippen molar-refractivity contribution in [2.75, 3.05) is 14.1 Å². The quantitative estimate of drug-likeness (QED) is 0.561. The molecule has 0 aromatic carbocycles. The molecule has 0 N–H and O–H groups in total. The Labute approximate surface area is 63.0 Å². The Morgan fingerprint density at radius 3 is 2.60 bits per heavy atom. The Morgan fingerprint density at radius 2 is 2.20 bits per heavy atom. The summed E-state index contributed by atoms with van der Waals surface area (Å²) in [6, 6.07) is 0.593. The van der Waals surface area contributed by atoms with Gasteiger partial charge in [-0.25, -0.2) is 0 Å². The topological polar surface area (TPSA) is 3.24 Å². The van der Waals surface area contributed by atoms with Crippen molar-refractivity contribution in [3.05, 3.63) is 23.8 Å². The maximum Gasteiger partial charge on any atom is 0.0279 e. The van der Waals surface area contributed by atoms with Crippen LogP contribution in [0.15, 0.2) is 23.8 Å². The van der Waals surface area contributed by atoms with Crippen LogP contribution in [-0.4, -0.2) is 25.0 Å². The summed E-state index contributed by atoms with van der Waals surface area (Å²) in [6.07, 6.45) is 7.69. The maximum absolute atomic E-state index is 2.23. The van der Waals surface area contributed by atoms with Gasteiger partial charge in [-0.1, -0.05) is 18.2 Å². The van der Waals surface area contributed by atoms with E-state index in [0.29, 0.717) is 6.04 Å². The van der Waals surface area contributed by atoms with Crippen molar-refractivity contribution >= 4 is 0 Å². The average Bonchev–Trinajstić information content (AvgIpc) is 2.36. The van der Waals surface area contributed by atoms with Crippen LogP contribution in [0.3, 0.4) is 0 Å². The molecular formula is C9H15N. The molecule has 0 amide bonds. The predicted octanol–water partition coefficient (Wildman–Crippen LogP) is 1.82. The highest BCUT2D eigenvalue weighted by Crippen LogP contribution is 2.16. The normalized spacial score (nSPS) is 19.8. The molecule has 1 aliphatic carbocycles. The molecule has 0 bridgehead atoms. The van der Waals surface area contributed by atoms with Gasteiger partial charge in [-0.15, -0.1) is 0 Å². The Balaban J connectivity index is 2.50. The van der Waals surface area contributed by atoms with E-state index in [-0.39, 0.29) is 0 Å². The monoisotopic (exact) mass is 137 g/mol. The van der Waals surface area contributed by atoms with Crippen LogP contribution in [0.25, 0.3) is 0 Å². The Kier molecular flexibility index (Phi) is 2.28. The van der Waals surface area contributed by atoms with Gasteiger partial charge < -0.3 is 4.90 Å². The second kappa shape index (κ2) is 3.02. The van der Waals surface area contributed by atoms with Crippen molar-refractivity contribution in [1.82, 2.24) is 4.90 Å². The molecule has 1 atom stereocenters. The lowest BCUT2D eigenvalue weighted by Crippen LogP contribution is -2.25. The zero-order chi connectivity index (χ0) is 7.56. The summed E-state index contributed by atoms with van der Waals surface area (Å²) in [4.78, 5) is 2.23. The zero-order valence-corrected chi connectivity index (χ0v) is 6.96. The standard InChI is InChI=1S/C9H15N/c1-8(10(2)3)9-6-4-5-7-9/h4-6,8H,7H2,1-3H3. The van der Waals surface area contributed by atoms with Gasteiger partial charge in [0, 0.05) is 6.04 Å². The van der Waals surface area contributed by atoms with E-state index >= 15 is 0 Å². The second-order valence-electron chi connectivity index (χ2n) is 3.01. The molecule has 1 aliphatic rings. The van der Waals surface area contributed by atoms with Crippen LogP contribution < -0.4 is 0 Å². The van der Waals surface area contributed by atoms with E-state index in [4.69, 9.17) is 0 Å². The molecule has 1 heteroatoms. The van der Waals surface area contributed by atoms with Gasteiger partial charge in [-0.3, -0.25) is 0 Å².